The van der Waals surface area contributed by atoms with Gasteiger partial charge in [-0.15, -0.1) is 0 Å². The summed E-state index contributed by atoms with van der Waals surface area (Å²) in [5.41, 5.74) is 4.04. The van der Waals surface area contributed by atoms with Gasteiger partial charge >= 0.3 is 0 Å². The molecule has 0 unspecified atom stereocenters. The molecule has 0 bridgehead atoms. The highest BCUT2D eigenvalue weighted by molar-refractivity contribution is 6.19. The molecular weight excluding hydrogens is 436 g/mol. The van der Waals surface area contributed by atoms with Crippen LogP contribution in [0.3, 0.4) is 0 Å². The van der Waals surface area contributed by atoms with Gasteiger partial charge in [0.1, 0.15) is 5.82 Å². The monoisotopic (exact) mass is 468 g/mol. The van der Waals surface area contributed by atoms with Crippen molar-refractivity contribution in [1.82, 2.24) is 9.55 Å². The number of fused-ring (bicyclic) bond motifs is 3. The molecule has 0 aliphatic heterocycles. The minimum atomic E-state index is -0.437. The lowest BCUT2D eigenvalue weighted by atomic mass is 9.87. The van der Waals surface area contributed by atoms with E-state index in [0.717, 1.165) is 11.1 Å². The number of imidazole rings is 1. The molecule has 36 heavy (non-hydrogen) atoms. The molecule has 0 aliphatic rings. The van der Waals surface area contributed by atoms with Crippen LogP contribution in [0.4, 0.5) is 0 Å². The maximum absolute atomic E-state index is 9.22. The maximum atomic E-state index is 9.22. The fourth-order valence-electron chi connectivity index (χ4n) is 5.10. The van der Waals surface area contributed by atoms with Crippen molar-refractivity contribution in [1.29, 1.82) is 0 Å². The van der Waals surface area contributed by atoms with E-state index in [2.05, 4.69) is 0 Å². The first-order valence-corrected chi connectivity index (χ1v) is 11.7. The fourth-order valence-corrected chi connectivity index (χ4v) is 5.10. The van der Waals surface area contributed by atoms with Crippen molar-refractivity contribution in [3.8, 4) is 27.9 Å². The predicted octanol–water partition coefficient (Wildman–Crippen LogP) is 8.97. The molecule has 0 radical (unpaired) electrons. The van der Waals surface area contributed by atoms with E-state index in [1.165, 1.54) is 0 Å². The number of nitrogens with zero attached hydrogens (tertiary/aromatic N) is 2. The molecule has 0 fully saturated rings. The smallest absolute Gasteiger partial charge is 0.111 e. The zero-order chi connectivity index (χ0) is 31.0. The molecule has 7 rings (SSSR count). The Bertz CT molecular complexity index is 2250. The van der Waals surface area contributed by atoms with Gasteiger partial charge in [-0.3, -0.25) is 4.57 Å². The van der Waals surface area contributed by atoms with Gasteiger partial charge in [0.2, 0.25) is 0 Å². The average Bonchev–Trinajstić information content (AvgIpc) is 3.38. The molecule has 7 aromatic rings. The zero-order valence-corrected chi connectivity index (χ0v) is 19.4. The Morgan fingerprint density at radius 1 is 0.611 bits per heavy atom. The number of benzene rings is 6. The molecule has 6 aromatic carbocycles. The summed E-state index contributed by atoms with van der Waals surface area (Å²) in [5.74, 6) is 0.506. The van der Waals surface area contributed by atoms with Crippen LogP contribution in [0.25, 0.3) is 60.5 Å². The molecular formula is C34H24N2. The summed E-state index contributed by atoms with van der Waals surface area (Å²) in [6.45, 7) is 1.77. The highest BCUT2D eigenvalue weighted by Gasteiger charge is 2.20. The van der Waals surface area contributed by atoms with Gasteiger partial charge in [0.25, 0.3) is 0 Å². The highest BCUT2D eigenvalue weighted by Crippen LogP contribution is 2.44. The van der Waals surface area contributed by atoms with Crippen molar-refractivity contribution >= 4 is 32.6 Å². The van der Waals surface area contributed by atoms with E-state index >= 15 is 0 Å². The Labute approximate surface area is 221 Å². The standard InChI is InChI=1S/C34H24N2/c1-23-35-31-21-11-12-22-32(31)36(23)34-29-19-9-7-17-27(29)33(28-18-8-10-20-30(28)34)26-16-6-5-15-25(26)24-13-3-2-4-14-24/h2-22H,1H3/i7D,8D,9D,10D,17D,18D,19D,20D. The predicted molar refractivity (Wildman–Crippen MR) is 152 cm³/mol. The third-order valence-electron chi connectivity index (χ3n) is 6.58. The lowest BCUT2D eigenvalue weighted by molar-refractivity contribution is 1.02. The van der Waals surface area contributed by atoms with Crippen LogP contribution < -0.4 is 0 Å². The molecule has 1 aromatic heterocycles. The number of aromatic nitrogens is 2. The van der Waals surface area contributed by atoms with Crippen molar-refractivity contribution < 1.29 is 11.0 Å². The molecule has 1 heterocycles. The first kappa shape index (κ1) is 14.0. The Kier molecular flexibility index (Phi) is 3.20. The lowest BCUT2D eigenvalue weighted by Gasteiger charge is -2.20. The van der Waals surface area contributed by atoms with E-state index in [1.807, 2.05) is 78.9 Å². The van der Waals surface area contributed by atoms with Gasteiger partial charge in [0.15, 0.2) is 0 Å². The molecule has 0 saturated carbocycles. The van der Waals surface area contributed by atoms with E-state index in [4.69, 9.17) is 10.5 Å². The number of rotatable bonds is 3. The lowest BCUT2D eigenvalue weighted by Crippen LogP contribution is -2.01. The van der Waals surface area contributed by atoms with Crippen molar-refractivity contribution in [2.24, 2.45) is 0 Å². The largest absolute Gasteiger partial charge is 0.295 e. The normalized spacial score (nSPS) is 14.6. The van der Waals surface area contributed by atoms with Crippen molar-refractivity contribution in [2.75, 3.05) is 0 Å². The first-order chi connectivity index (χ1) is 21.1. The van der Waals surface area contributed by atoms with Gasteiger partial charge in [-0.25, -0.2) is 4.98 Å². The van der Waals surface area contributed by atoms with Crippen LogP contribution in [0.15, 0.2) is 127 Å². The second-order valence-electron chi connectivity index (χ2n) is 8.62. The van der Waals surface area contributed by atoms with Crippen LogP contribution in [0.2, 0.25) is 0 Å². The van der Waals surface area contributed by atoms with E-state index < -0.39 is 24.2 Å². The molecule has 0 amide bonds. The molecule has 0 spiro atoms. The number of hydrogen-bond acceptors (Lipinski definition) is 1. The van der Waals surface area contributed by atoms with Crippen LogP contribution in [-0.4, -0.2) is 9.55 Å². The molecule has 0 saturated heterocycles. The summed E-state index contributed by atoms with van der Waals surface area (Å²) in [5, 5.41) is 0.642. The van der Waals surface area contributed by atoms with E-state index in [9.17, 15) is 5.48 Å². The third-order valence-corrected chi connectivity index (χ3v) is 6.58. The number of para-hydroxylation sites is 2. The molecule has 0 N–H and O–H groups in total. The summed E-state index contributed by atoms with van der Waals surface area (Å²) in [6.07, 6.45) is 0. The summed E-state index contributed by atoms with van der Waals surface area (Å²) in [4.78, 5) is 4.70. The summed E-state index contributed by atoms with van der Waals surface area (Å²) in [7, 11) is 0. The van der Waals surface area contributed by atoms with Crippen LogP contribution in [-0.2, 0) is 0 Å². The average molecular weight is 469 g/mol. The summed E-state index contributed by atoms with van der Waals surface area (Å²) < 4.78 is 73.3. The van der Waals surface area contributed by atoms with Crippen LogP contribution in [0.5, 0.6) is 0 Å². The van der Waals surface area contributed by atoms with Gasteiger partial charge in [0.05, 0.1) is 27.7 Å². The Hall–Kier alpha value is -4.69. The number of aryl methyl sites for hydroxylation is 1. The maximum Gasteiger partial charge on any atom is 0.111 e. The minimum Gasteiger partial charge on any atom is -0.295 e. The molecule has 2 heteroatoms. The third kappa shape index (κ3) is 3.08. The second-order valence-corrected chi connectivity index (χ2v) is 8.62. The zero-order valence-electron chi connectivity index (χ0n) is 27.4. The second kappa shape index (κ2) is 8.21. The molecule has 170 valence electrons. The highest BCUT2D eigenvalue weighted by atomic mass is 15.1. The van der Waals surface area contributed by atoms with E-state index in [1.54, 1.807) is 11.5 Å². The number of hydrogen-bond donors (Lipinski definition) is 0. The van der Waals surface area contributed by atoms with Crippen LogP contribution in [0, 0.1) is 6.92 Å². The SMILES string of the molecule is [2H]c1c([2H])c([2H])c2c(-n3c(C)nc4ccccc43)c3c([2H])c([2H])c([2H])c([2H])c3c(-c3ccccc3-c3ccccc3)c2c1[2H]. The Morgan fingerprint density at radius 2 is 1.17 bits per heavy atom. The quantitative estimate of drug-likeness (QED) is 0.237. The van der Waals surface area contributed by atoms with Crippen LogP contribution in [0.1, 0.15) is 16.8 Å². The molecule has 0 atom stereocenters. The Balaban J connectivity index is 1.86. The molecule has 2 nitrogen and oxygen atoms in total. The van der Waals surface area contributed by atoms with Crippen molar-refractivity contribution in [2.45, 2.75) is 6.92 Å². The topological polar surface area (TPSA) is 17.8 Å². The first-order valence-electron chi connectivity index (χ1n) is 15.7. The molecule has 0 aliphatic carbocycles. The van der Waals surface area contributed by atoms with Gasteiger partial charge in [-0.05, 0) is 52.1 Å². The summed E-state index contributed by atoms with van der Waals surface area (Å²) in [6, 6.07) is 21.4. The van der Waals surface area contributed by atoms with Gasteiger partial charge < -0.3 is 0 Å². The fraction of sp³-hybridized carbons (Fsp3) is 0.0294. The van der Waals surface area contributed by atoms with Gasteiger partial charge in [0, 0.05) is 10.8 Å². The van der Waals surface area contributed by atoms with E-state index in [0.29, 0.717) is 28.0 Å². The minimum absolute atomic E-state index is 0.151. The summed E-state index contributed by atoms with van der Waals surface area (Å²) >= 11 is 0. The van der Waals surface area contributed by atoms with Crippen molar-refractivity contribution in [3.05, 3.63) is 133 Å². The van der Waals surface area contributed by atoms with Crippen molar-refractivity contribution in [3.63, 3.8) is 0 Å². The Morgan fingerprint density at radius 3 is 1.86 bits per heavy atom. The van der Waals surface area contributed by atoms with Gasteiger partial charge in [-0.1, -0.05) is 115 Å². The van der Waals surface area contributed by atoms with E-state index in [-0.39, 0.29) is 51.4 Å². The van der Waals surface area contributed by atoms with Crippen LogP contribution >= 0.6 is 0 Å². The van der Waals surface area contributed by atoms with Gasteiger partial charge in [-0.2, -0.15) is 0 Å².